The van der Waals surface area contributed by atoms with Gasteiger partial charge in [0.25, 0.3) is 0 Å². The van der Waals surface area contributed by atoms with Crippen LogP contribution in [0.4, 0.5) is 16.5 Å². The molecule has 0 aliphatic rings. The second kappa shape index (κ2) is 9.54. The third-order valence-corrected chi connectivity index (χ3v) is 7.11. The Labute approximate surface area is 195 Å². The van der Waals surface area contributed by atoms with Crippen molar-refractivity contribution in [3.8, 4) is 5.69 Å². The number of carbonyl (C=O) groups is 1. The molecule has 4 rings (SSSR count). The fourth-order valence-electron chi connectivity index (χ4n) is 3.27. The van der Waals surface area contributed by atoms with Crippen LogP contribution in [0.1, 0.15) is 22.5 Å². The number of rotatable bonds is 7. The van der Waals surface area contributed by atoms with Crippen LogP contribution in [0.5, 0.6) is 0 Å². The van der Waals surface area contributed by atoms with Crippen LogP contribution in [0, 0.1) is 27.7 Å². The van der Waals surface area contributed by atoms with Gasteiger partial charge < -0.3 is 10.6 Å². The maximum atomic E-state index is 12.6. The Morgan fingerprint density at radius 1 is 1.03 bits per heavy atom. The van der Waals surface area contributed by atoms with Crippen LogP contribution in [0.25, 0.3) is 5.69 Å². The number of anilines is 3. The van der Waals surface area contributed by atoms with Crippen LogP contribution in [0.2, 0.25) is 0 Å². The molecule has 2 heterocycles. The van der Waals surface area contributed by atoms with Gasteiger partial charge in [-0.15, -0.1) is 10.2 Å². The molecule has 0 atom stereocenters. The molecular formula is C23H24N6OS2. The summed E-state index contributed by atoms with van der Waals surface area (Å²) in [6, 6.07) is 16.0. The van der Waals surface area contributed by atoms with Crippen molar-refractivity contribution in [2.45, 2.75) is 32.0 Å². The van der Waals surface area contributed by atoms with Crippen molar-refractivity contribution in [3.05, 3.63) is 71.0 Å². The molecule has 0 aliphatic heterocycles. The minimum absolute atomic E-state index is 0.104. The zero-order valence-electron chi connectivity index (χ0n) is 18.3. The predicted molar refractivity (Wildman–Crippen MR) is 131 cm³/mol. The van der Waals surface area contributed by atoms with E-state index in [0.717, 1.165) is 32.8 Å². The number of para-hydroxylation sites is 1. The molecule has 0 fully saturated rings. The lowest BCUT2D eigenvalue weighted by molar-refractivity contribution is -0.113. The number of aromatic nitrogens is 4. The van der Waals surface area contributed by atoms with E-state index >= 15 is 0 Å². The van der Waals surface area contributed by atoms with Crippen molar-refractivity contribution in [2.75, 3.05) is 16.4 Å². The molecule has 0 spiro atoms. The molecule has 0 aliphatic carbocycles. The first-order valence-electron chi connectivity index (χ1n) is 10.1. The van der Waals surface area contributed by atoms with Gasteiger partial charge in [0.2, 0.25) is 11.0 Å². The molecule has 0 radical (unpaired) electrons. The van der Waals surface area contributed by atoms with Gasteiger partial charge in [-0.1, -0.05) is 53.4 Å². The number of thioether (sulfide) groups is 1. The van der Waals surface area contributed by atoms with Gasteiger partial charge in [-0.3, -0.25) is 4.79 Å². The minimum Gasteiger partial charge on any atom is -0.330 e. The molecular weight excluding hydrogens is 440 g/mol. The average molecular weight is 465 g/mol. The molecule has 9 heteroatoms. The Kier molecular flexibility index (Phi) is 6.57. The molecule has 0 bridgehead atoms. The summed E-state index contributed by atoms with van der Waals surface area (Å²) in [5, 5.41) is 20.0. The Morgan fingerprint density at radius 3 is 2.59 bits per heavy atom. The summed E-state index contributed by atoms with van der Waals surface area (Å²) in [6.07, 6.45) is 0. The van der Waals surface area contributed by atoms with E-state index < -0.39 is 0 Å². The van der Waals surface area contributed by atoms with E-state index in [1.165, 1.54) is 34.2 Å². The van der Waals surface area contributed by atoms with E-state index in [2.05, 4.69) is 45.8 Å². The van der Waals surface area contributed by atoms with E-state index in [1.807, 2.05) is 61.0 Å². The molecule has 7 nitrogen and oxygen atoms in total. The lowest BCUT2D eigenvalue weighted by Gasteiger charge is -2.08. The first kappa shape index (κ1) is 22.0. The number of nitrogens with zero attached hydrogens (tertiary/aromatic N) is 4. The standard InChI is InChI=1S/C23H24N6OS2/c1-14-9-8-12-19(15(14)2)24-22-26-27-23(32-22)31-13-20(30)25-21-16(3)28-29(17(21)4)18-10-6-5-7-11-18/h5-12H,13H2,1-4H3,(H,24,26)(H,25,30). The highest BCUT2D eigenvalue weighted by atomic mass is 32.2. The molecule has 2 aromatic carbocycles. The predicted octanol–water partition coefficient (Wildman–Crippen LogP) is 5.43. The van der Waals surface area contributed by atoms with Crippen molar-refractivity contribution < 1.29 is 4.79 Å². The summed E-state index contributed by atoms with van der Waals surface area (Å²) in [7, 11) is 0. The molecule has 0 saturated carbocycles. The van der Waals surface area contributed by atoms with E-state index in [9.17, 15) is 4.79 Å². The van der Waals surface area contributed by atoms with Crippen molar-refractivity contribution in [2.24, 2.45) is 0 Å². The van der Waals surface area contributed by atoms with Gasteiger partial charge in [-0.05, 0) is 57.0 Å². The Bertz CT molecular complexity index is 1250. The fraction of sp³-hybridized carbons (Fsp3) is 0.217. The maximum absolute atomic E-state index is 12.6. The van der Waals surface area contributed by atoms with Crippen molar-refractivity contribution >= 4 is 45.5 Å². The summed E-state index contributed by atoms with van der Waals surface area (Å²) >= 11 is 2.80. The van der Waals surface area contributed by atoms with Gasteiger partial charge in [-0.2, -0.15) is 5.10 Å². The summed E-state index contributed by atoms with van der Waals surface area (Å²) in [5.74, 6) is 0.140. The smallest absolute Gasteiger partial charge is 0.234 e. The SMILES string of the molecule is Cc1cccc(Nc2nnc(SCC(=O)Nc3c(C)nn(-c4ccccc4)c3C)s2)c1C. The Balaban J connectivity index is 1.37. The summed E-state index contributed by atoms with van der Waals surface area (Å²) in [5.41, 5.74) is 6.78. The van der Waals surface area contributed by atoms with Crippen LogP contribution < -0.4 is 10.6 Å². The second-order valence-electron chi connectivity index (χ2n) is 7.38. The molecule has 164 valence electrons. The topological polar surface area (TPSA) is 84.7 Å². The zero-order chi connectivity index (χ0) is 22.7. The highest BCUT2D eigenvalue weighted by molar-refractivity contribution is 8.01. The second-order valence-corrected chi connectivity index (χ2v) is 9.58. The van der Waals surface area contributed by atoms with Gasteiger partial charge in [0.05, 0.1) is 28.5 Å². The fourth-order valence-corrected chi connectivity index (χ4v) is 4.83. The third kappa shape index (κ3) is 4.84. The van der Waals surface area contributed by atoms with Crippen molar-refractivity contribution in [1.29, 1.82) is 0 Å². The molecule has 32 heavy (non-hydrogen) atoms. The molecule has 2 N–H and O–H groups in total. The van der Waals surface area contributed by atoms with Gasteiger partial charge in [0.15, 0.2) is 4.34 Å². The molecule has 1 amide bonds. The number of aryl methyl sites for hydroxylation is 2. The minimum atomic E-state index is -0.104. The Morgan fingerprint density at radius 2 is 1.81 bits per heavy atom. The maximum Gasteiger partial charge on any atom is 0.234 e. The average Bonchev–Trinajstić information content (AvgIpc) is 3.35. The number of amides is 1. The summed E-state index contributed by atoms with van der Waals surface area (Å²) in [6.45, 7) is 7.99. The van der Waals surface area contributed by atoms with Crippen LogP contribution in [0.3, 0.4) is 0 Å². The summed E-state index contributed by atoms with van der Waals surface area (Å²) < 4.78 is 2.58. The lowest BCUT2D eigenvalue weighted by atomic mass is 10.1. The third-order valence-electron chi connectivity index (χ3n) is 5.14. The first-order chi connectivity index (χ1) is 15.4. The van der Waals surface area contributed by atoms with Gasteiger partial charge in [0.1, 0.15) is 0 Å². The normalized spacial score (nSPS) is 10.9. The van der Waals surface area contributed by atoms with Gasteiger partial charge in [0, 0.05) is 5.69 Å². The van der Waals surface area contributed by atoms with Crippen LogP contribution in [0.15, 0.2) is 52.9 Å². The van der Waals surface area contributed by atoms with Crippen LogP contribution in [-0.2, 0) is 4.79 Å². The van der Waals surface area contributed by atoms with Crippen molar-refractivity contribution in [3.63, 3.8) is 0 Å². The summed E-state index contributed by atoms with van der Waals surface area (Å²) in [4.78, 5) is 12.6. The van der Waals surface area contributed by atoms with E-state index in [0.29, 0.717) is 5.13 Å². The van der Waals surface area contributed by atoms with Gasteiger partial charge >= 0.3 is 0 Å². The number of nitrogens with one attached hydrogen (secondary N) is 2. The van der Waals surface area contributed by atoms with Gasteiger partial charge in [-0.25, -0.2) is 4.68 Å². The first-order valence-corrected chi connectivity index (χ1v) is 11.9. The molecule has 2 aromatic heterocycles. The highest BCUT2D eigenvalue weighted by Crippen LogP contribution is 2.30. The van der Waals surface area contributed by atoms with E-state index in [1.54, 1.807) is 0 Å². The molecule has 4 aromatic rings. The van der Waals surface area contributed by atoms with E-state index in [4.69, 9.17) is 0 Å². The van der Waals surface area contributed by atoms with E-state index in [-0.39, 0.29) is 11.7 Å². The molecule has 0 saturated heterocycles. The Hall–Kier alpha value is -3.17. The monoisotopic (exact) mass is 464 g/mol. The highest BCUT2D eigenvalue weighted by Gasteiger charge is 2.16. The van der Waals surface area contributed by atoms with Crippen molar-refractivity contribution in [1.82, 2.24) is 20.0 Å². The quantitative estimate of drug-likeness (QED) is 0.355. The number of carbonyl (C=O) groups excluding carboxylic acids is 1. The lowest BCUT2D eigenvalue weighted by Crippen LogP contribution is -2.15. The molecule has 0 unspecified atom stereocenters. The van der Waals surface area contributed by atoms with Crippen LogP contribution >= 0.6 is 23.1 Å². The zero-order valence-corrected chi connectivity index (χ0v) is 20.0. The largest absolute Gasteiger partial charge is 0.330 e. The number of benzene rings is 2. The number of hydrogen-bond acceptors (Lipinski definition) is 7. The van der Waals surface area contributed by atoms with Crippen LogP contribution in [-0.4, -0.2) is 31.6 Å². The number of hydrogen-bond donors (Lipinski definition) is 2.